The van der Waals surface area contributed by atoms with E-state index in [2.05, 4.69) is 73.5 Å². The number of aromatic nitrogens is 6. The molecule has 0 bridgehead atoms. The molecule has 2 saturated heterocycles. The van der Waals surface area contributed by atoms with Crippen molar-refractivity contribution in [1.82, 2.24) is 44.6 Å². The third-order valence-electron chi connectivity index (χ3n) is 15.5. The predicted octanol–water partition coefficient (Wildman–Crippen LogP) is 8.05. The average molecular weight is 962 g/mol. The number of carbonyl (C=O) groups is 2. The Morgan fingerprint density at radius 1 is 0.957 bits per heavy atom. The molecular weight excluding hydrogens is 902 g/mol. The van der Waals surface area contributed by atoms with Crippen molar-refractivity contribution in [2.75, 3.05) is 49.1 Å². The van der Waals surface area contributed by atoms with Crippen molar-refractivity contribution in [3.05, 3.63) is 93.7 Å². The van der Waals surface area contributed by atoms with Gasteiger partial charge in [-0.25, -0.2) is 18.7 Å². The number of rotatable bonds is 10. The van der Waals surface area contributed by atoms with E-state index in [4.69, 9.17) is 21.4 Å². The van der Waals surface area contributed by atoms with Gasteiger partial charge in [0.05, 0.1) is 34.9 Å². The number of nitrogens with one attached hydrogen (secondary N) is 1. The summed E-state index contributed by atoms with van der Waals surface area (Å²) in [4.78, 5) is 44.4. The number of ether oxygens (including phenoxy) is 1. The number of alkyl halides is 2. The fraction of sp³-hybridized carbons (Fsp3) is 0.510. The lowest BCUT2D eigenvalue weighted by Crippen LogP contribution is -2.74. The maximum Gasteiger partial charge on any atom is 0.264 e. The molecule has 0 radical (unpaired) electrons. The molecule has 1 atom stereocenters. The van der Waals surface area contributed by atoms with E-state index in [0.717, 1.165) is 86.6 Å². The largest absolute Gasteiger partial charge is 0.489 e. The number of hydrogen-bond acceptors (Lipinski definition) is 11. The van der Waals surface area contributed by atoms with E-state index in [1.165, 1.54) is 0 Å². The highest BCUT2D eigenvalue weighted by Gasteiger charge is 2.64. The van der Waals surface area contributed by atoms with Gasteiger partial charge in [0.15, 0.2) is 5.82 Å². The molecule has 3 aromatic heterocycles. The van der Waals surface area contributed by atoms with Gasteiger partial charge in [0.25, 0.3) is 12.3 Å². The van der Waals surface area contributed by atoms with Crippen LogP contribution < -0.4 is 19.9 Å². The maximum absolute atomic E-state index is 14.8. The molecule has 2 amide bonds. The Hall–Kier alpha value is -6.12. The van der Waals surface area contributed by atoms with E-state index in [1.54, 1.807) is 67.7 Å². The Morgan fingerprint density at radius 3 is 2.36 bits per heavy atom. The molecule has 2 aromatic carbocycles. The molecule has 10 rings (SSSR count). The van der Waals surface area contributed by atoms with Crippen LogP contribution in [-0.4, -0.2) is 109 Å². The lowest BCUT2D eigenvalue weighted by atomic mass is 9.49. The Kier molecular flexibility index (Phi) is 12.2. The zero-order valence-electron chi connectivity index (χ0n) is 40.1. The number of carbonyl (C=O) groups excluding carboxylic acids is 2. The lowest BCUT2D eigenvalue weighted by Gasteiger charge is -2.63. The van der Waals surface area contributed by atoms with Gasteiger partial charge in [-0.3, -0.25) is 23.9 Å². The van der Waals surface area contributed by atoms with Crippen LogP contribution in [0.4, 0.5) is 26.2 Å². The number of hydrogen-bond donors (Lipinski definition) is 1. The van der Waals surface area contributed by atoms with Gasteiger partial charge in [-0.05, 0) is 67.5 Å². The first-order chi connectivity index (χ1) is 33.0. The highest BCUT2D eigenvalue weighted by atomic mass is 35.5. The van der Waals surface area contributed by atoms with Gasteiger partial charge < -0.3 is 24.8 Å². The molecule has 7 heterocycles. The summed E-state index contributed by atoms with van der Waals surface area (Å²) < 4.78 is 39.8. The maximum atomic E-state index is 14.8. The van der Waals surface area contributed by atoms with Crippen LogP contribution in [0.3, 0.4) is 0 Å². The zero-order chi connectivity index (χ0) is 48.5. The van der Waals surface area contributed by atoms with Crippen molar-refractivity contribution in [2.24, 2.45) is 17.9 Å². The number of amides is 2. The minimum atomic E-state index is -2.67. The molecule has 1 saturated carbocycles. The topological polar surface area (TPSA) is 154 Å². The van der Waals surface area contributed by atoms with Gasteiger partial charge in [-0.1, -0.05) is 39.3 Å². The highest BCUT2D eigenvalue weighted by Crippen LogP contribution is 2.56. The third-order valence-corrected chi connectivity index (χ3v) is 15.8. The number of fused-ring (bicyclic) bond motifs is 2. The highest BCUT2D eigenvalue weighted by molar-refractivity contribution is 6.31. The molecule has 18 heteroatoms. The van der Waals surface area contributed by atoms with E-state index in [1.807, 2.05) is 11.0 Å². The molecule has 362 valence electrons. The van der Waals surface area contributed by atoms with Gasteiger partial charge in [0.2, 0.25) is 11.9 Å². The van der Waals surface area contributed by atoms with Crippen LogP contribution in [0.1, 0.15) is 111 Å². The Balaban J connectivity index is 0.788. The fourth-order valence-corrected chi connectivity index (χ4v) is 12.4. The van der Waals surface area contributed by atoms with E-state index in [0.29, 0.717) is 71.1 Å². The summed E-state index contributed by atoms with van der Waals surface area (Å²) >= 11 is 6.28. The lowest BCUT2D eigenvalue weighted by molar-refractivity contribution is -0.164. The first-order valence-electron chi connectivity index (χ1n) is 24.1. The van der Waals surface area contributed by atoms with Gasteiger partial charge >= 0.3 is 0 Å². The number of benzene rings is 2. The average Bonchev–Trinajstić information content (AvgIpc) is 4.10. The van der Waals surface area contributed by atoms with E-state index >= 15 is 0 Å². The summed E-state index contributed by atoms with van der Waals surface area (Å²) in [5, 5.41) is 22.5. The number of nitriles is 1. The number of aryl methyl sites for hydroxylation is 2. The van der Waals surface area contributed by atoms with Crippen molar-refractivity contribution in [3.63, 3.8) is 0 Å². The van der Waals surface area contributed by atoms with Crippen LogP contribution in [0.5, 0.6) is 5.75 Å². The van der Waals surface area contributed by atoms with Crippen molar-refractivity contribution < 1.29 is 23.1 Å². The second-order valence-corrected chi connectivity index (χ2v) is 21.0. The smallest absolute Gasteiger partial charge is 0.264 e. The van der Waals surface area contributed by atoms with Crippen molar-refractivity contribution in [3.8, 4) is 22.9 Å². The first kappa shape index (κ1) is 46.6. The monoisotopic (exact) mass is 960 g/mol. The standard InChI is InChI=1S/C51H59ClF2N12O3/c1-30(67)63-19-14-42-40(29-63)45(65-15-7-8-31-20-38(34-26-58-61(6)27-34)39(44(53)54)22-43(31)65)60-66(42)36-13-18-64(28-36)35-11-16-62(17-12-35)49-56-24-33(25-57-49)46(68)59-47-50(2,3)48(51(47,4)5)69-37-10-9-32(23-55)41(52)21-37/h9-10,20-22,24-27,35-36,44,47-48H,7-8,11-19,28-29H2,1-6H3,(H,59,68). The number of anilines is 3. The molecule has 15 nitrogen and oxygen atoms in total. The van der Waals surface area contributed by atoms with Crippen molar-refractivity contribution in [1.29, 1.82) is 5.26 Å². The third kappa shape index (κ3) is 8.47. The fourth-order valence-electron chi connectivity index (χ4n) is 12.2. The summed E-state index contributed by atoms with van der Waals surface area (Å²) in [6.45, 7) is 14.9. The van der Waals surface area contributed by atoms with Crippen LogP contribution in [0, 0.1) is 22.2 Å². The van der Waals surface area contributed by atoms with E-state index in [9.17, 15) is 23.6 Å². The van der Waals surface area contributed by atoms with Gasteiger partial charge in [-0.2, -0.15) is 15.5 Å². The first-order valence-corrected chi connectivity index (χ1v) is 24.4. The SMILES string of the molecule is CC(=O)N1CCc2c(c(N3CCCc4cc(-c5cnn(C)c5)c(C(F)F)cc43)nn2C2CCN(C3CCN(c4ncc(C(=O)NC5C(C)(C)C(Oc6ccc(C#N)c(Cl)c6)C5(C)C)cn4)CC3)C2)C1. The minimum absolute atomic E-state index is 0.0107. The number of halogens is 3. The second-order valence-electron chi connectivity index (χ2n) is 20.6. The number of nitrogens with zero attached hydrogens (tertiary/aromatic N) is 11. The van der Waals surface area contributed by atoms with Crippen LogP contribution in [0.15, 0.2) is 55.1 Å². The van der Waals surface area contributed by atoms with Crippen molar-refractivity contribution >= 4 is 40.9 Å². The molecule has 4 aliphatic heterocycles. The van der Waals surface area contributed by atoms with E-state index < -0.39 is 17.3 Å². The quantitative estimate of drug-likeness (QED) is 0.145. The van der Waals surface area contributed by atoms with Crippen LogP contribution in [-0.2, 0) is 31.2 Å². The Morgan fingerprint density at radius 2 is 1.70 bits per heavy atom. The summed E-state index contributed by atoms with van der Waals surface area (Å²) in [6, 6.07) is 11.0. The van der Waals surface area contributed by atoms with Gasteiger partial charge in [0.1, 0.15) is 17.9 Å². The van der Waals surface area contributed by atoms with Crippen LogP contribution in [0.2, 0.25) is 5.02 Å². The normalized spacial score (nSPS) is 22.2. The molecular formula is C51H59ClF2N12O3. The number of piperidine rings is 1. The second kappa shape index (κ2) is 18.0. The van der Waals surface area contributed by atoms with Crippen molar-refractivity contribution in [2.45, 2.75) is 110 Å². The molecule has 5 aromatic rings. The summed E-state index contributed by atoms with van der Waals surface area (Å²) in [5.41, 5.74) is 5.02. The van der Waals surface area contributed by atoms with Gasteiger partial charge in [-0.15, -0.1) is 0 Å². The summed E-state index contributed by atoms with van der Waals surface area (Å²) in [5.74, 6) is 1.71. The molecule has 5 aliphatic rings. The van der Waals surface area contributed by atoms with Crippen LogP contribution >= 0.6 is 11.6 Å². The predicted molar refractivity (Wildman–Crippen MR) is 258 cm³/mol. The van der Waals surface area contributed by atoms with E-state index in [-0.39, 0.29) is 35.6 Å². The zero-order valence-corrected chi connectivity index (χ0v) is 40.8. The van der Waals surface area contributed by atoms with Crippen LogP contribution in [0.25, 0.3) is 11.1 Å². The van der Waals surface area contributed by atoms with Gasteiger partial charge in [0, 0.05) is 135 Å². The molecule has 1 aliphatic carbocycles. The minimum Gasteiger partial charge on any atom is -0.489 e. The number of likely N-dealkylation sites (tertiary alicyclic amines) is 1. The molecule has 1 unspecified atom stereocenters. The molecule has 3 fully saturated rings. The molecule has 69 heavy (non-hydrogen) atoms. The molecule has 1 N–H and O–H groups in total. The Bertz CT molecular complexity index is 2810. The summed E-state index contributed by atoms with van der Waals surface area (Å²) in [7, 11) is 1.78. The Labute approximate surface area is 406 Å². The molecule has 0 spiro atoms. The summed E-state index contributed by atoms with van der Waals surface area (Å²) in [6.07, 6.45) is 8.85.